The molecule has 0 bridgehead atoms. The van der Waals surface area contributed by atoms with Gasteiger partial charge in [0.25, 0.3) is 0 Å². The molecule has 1 aromatic heterocycles. The van der Waals surface area contributed by atoms with Crippen LogP contribution in [0.2, 0.25) is 0 Å². The van der Waals surface area contributed by atoms with Crippen molar-refractivity contribution in [2.45, 2.75) is 26.2 Å². The maximum absolute atomic E-state index is 11.5. The third kappa shape index (κ3) is 3.45. The summed E-state index contributed by atoms with van der Waals surface area (Å²) in [7, 11) is 0. The molecule has 2 aromatic carbocycles. The Labute approximate surface area is 147 Å². The molecular weight excluding hydrogens is 308 g/mol. The number of hydrogen-bond donors (Lipinski definition) is 1. The van der Waals surface area contributed by atoms with E-state index in [1.807, 2.05) is 24.5 Å². The van der Waals surface area contributed by atoms with E-state index in [1.54, 1.807) is 0 Å². The Morgan fingerprint density at radius 2 is 1.84 bits per heavy atom. The first kappa shape index (κ1) is 15.6. The molecule has 0 unspecified atom stereocenters. The average Bonchev–Trinajstić information content (AvgIpc) is 2.99. The van der Waals surface area contributed by atoms with Crippen molar-refractivity contribution in [3.8, 4) is 11.1 Å². The van der Waals surface area contributed by atoms with E-state index < -0.39 is 0 Å². The zero-order chi connectivity index (χ0) is 17.2. The number of carbonyl (C=O) groups excluding carboxylic acids is 1. The van der Waals surface area contributed by atoms with Crippen LogP contribution in [0.5, 0.6) is 0 Å². The maximum atomic E-state index is 11.5. The minimum atomic E-state index is 0.0668. The van der Waals surface area contributed by atoms with E-state index in [2.05, 4.69) is 53.6 Å². The molecule has 1 aliphatic heterocycles. The first-order valence-corrected chi connectivity index (χ1v) is 8.60. The average molecular weight is 328 g/mol. The van der Waals surface area contributed by atoms with Gasteiger partial charge in [-0.05, 0) is 54.2 Å². The molecule has 0 saturated heterocycles. The summed E-state index contributed by atoms with van der Waals surface area (Å²) >= 11 is 0. The molecule has 0 radical (unpaired) electrons. The fourth-order valence-electron chi connectivity index (χ4n) is 3.33. The summed E-state index contributed by atoms with van der Waals surface area (Å²) in [5.41, 5.74) is 8.04. The van der Waals surface area contributed by atoms with Crippen LogP contribution in [0.4, 0.5) is 5.69 Å². The van der Waals surface area contributed by atoms with E-state index >= 15 is 0 Å². The predicted molar refractivity (Wildman–Crippen MR) is 101 cm³/mol. The Hall–Kier alpha value is -2.94. The van der Waals surface area contributed by atoms with Crippen LogP contribution in [-0.2, 0) is 24.1 Å². The van der Waals surface area contributed by atoms with Crippen LogP contribution in [0.1, 0.15) is 22.3 Å². The van der Waals surface area contributed by atoms with Gasteiger partial charge >= 0.3 is 0 Å². The van der Waals surface area contributed by atoms with Crippen molar-refractivity contribution in [1.29, 1.82) is 0 Å². The molecule has 0 atom stereocenters. The second-order valence-electron chi connectivity index (χ2n) is 6.67. The number of aryl methyl sites for hydroxylation is 3. The molecule has 0 saturated carbocycles. The first-order chi connectivity index (χ1) is 12.2. The van der Waals surface area contributed by atoms with Crippen molar-refractivity contribution in [1.82, 2.24) is 4.98 Å². The Morgan fingerprint density at radius 1 is 0.960 bits per heavy atom. The van der Waals surface area contributed by atoms with Crippen molar-refractivity contribution in [2.75, 3.05) is 5.32 Å². The Balaban J connectivity index is 1.54. The van der Waals surface area contributed by atoms with Gasteiger partial charge in [-0.2, -0.15) is 0 Å². The summed E-state index contributed by atoms with van der Waals surface area (Å²) < 4.78 is 0. The molecule has 124 valence electrons. The third-order valence-electron chi connectivity index (χ3n) is 4.65. The number of anilines is 1. The van der Waals surface area contributed by atoms with Crippen molar-refractivity contribution < 1.29 is 4.79 Å². The third-order valence-corrected chi connectivity index (χ3v) is 4.65. The van der Waals surface area contributed by atoms with Crippen LogP contribution < -0.4 is 5.32 Å². The van der Waals surface area contributed by atoms with E-state index in [4.69, 9.17) is 0 Å². The monoisotopic (exact) mass is 328 g/mol. The number of aromatic nitrogens is 1. The second-order valence-corrected chi connectivity index (χ2v) is 6.67. The molecular formula is C22H20N2O. The molecule has 1 aliphatic rings. The lowest BCUT2D eigenvalue weighted by Gasteiger charge is -2.08. The van der Waals surface area contributed by atoms with Gasteiger partial charge in [-0.25, -0.2) is 0 Å². The number of amides is 1. The van der Waals surface area contributed by atoms with Gasteiger partial charge in [-0.15, -0.1) is 0 Å². The molecule has 3 heteroatoms. The zero-order valence-corrected chi connectivity index (χ0v) is 14.3. The summed E-state index contributed by atoms with van der Waals surface area (Å²) in [6.45, 7) is 2.12. The summed E-state index contributed by atoms with van der Waals surface area (Å²) in [6.07, 6.45) is 6.27. The largest absolute Gasteiger partial charge is 0.326 e. The lowest BCUT2D eigenvalue weighted by molar-refractivity contribution is -0.115. The fraction of sp³-hybridized carbons (Fsp3) is 0.182. The van der Waals surface area contributed by atoms with Crippen LogP contribution in [0.3, 0.4) is 0 Å². The van der Waals surface area contributed by atoms with Crippen LogP contribution in [0, 0.1) is 6.92 Å². The van der Waals surface area contributed by atoms with Gasteiger partial charge in [-0.3, -0.25) is 9.78 Å². The molecule has 0 aliphatic carbocycles. The van der Waals surface area contributed by atoms with Gasteiger partial charge in [0.1, 0.15) is 0 Å². The van der Waals surface area contributed by atoms with E-state index in [1.165, 1.54) is 16.7 Å². The summed E-state index contributed by atoms with van der Waals surface area (Å²) in [5, 5.41) is 2.91. The molecule has 1 amide bonds. The summed E-state index contributed by atoms with van der Waals surface area (Å²) in [4.78, 5) is 15.9. The SMILES string of the molecule is Cc1cccc(CCc2cncc(-c3ccc4c(c3)NC(=O)C4)c2)c1. The molecule has 2 heterocycles. The van der Waals surface area contributed by atoms with Crippen LogP contribution in [0.15, 0.2) is 60.9 Å². The lowest BCUT2D eigenvalue weighted by Crippen LogP contribution is -2.03. The number of hydrogen-bond acceptors (Lipinski definition) is 2. The molecule has 4 rings (SSSR count). The molecule has 3 nitrogen and oxygen atoms in total. The highest BCUT2D eigenvalue weighted by atomic mass is 16.1. The van der Waals surface area contributed by atoms with Crippen LogP contribution in [-0.4, -0.2) is 10.9 Å². The molecule has 25 heavy (non-hydrogen) atoms. The number of nitrogens with zero attached hydrogens (tertiary/aromatic N) is 1. The van der Waals surface area contributed by atoms with Gasteiger partial charge in [-0.1, -0.05) is 42.0 Å². The Bertz CT molecular complexity index is 946. The van der Waals surface area contributed by atoms with Crippen LogP contribution >= 0.6 is 0 Å². The van der Waals surface area contributed by atoms with E-state index in [-0.39, 0.29) is 5.91 Å². The summed E-state index contributed by atoms with van der Waals surface area (Å²) in [6, 6.07) is 17.0. The lowest BCUT2D eigenvalue weighted by atomic mass is 10.00. The van der Waals surface area contributed by atoms with Crippen LogP contribution in [0.25, 0.3) is 11.1 Å². The number of carbonyl (C=O) groups is 1. The molecule has 0 fully saturated rings. The van der Waals surface area contributed by atoms with E-state index in [9.17, 15) is 4.79 Å². The number of nitrogens with one attached hydrogen (secondary N) is 1. The smallest absolute Gasteiger partial charge is 0.228 e. The van der Waals surface area contributed by atoms with Gasteiger partial charge in [0.2, 0.25) is 5.91 Å². The number of rotatable bonds is 4. The van der Waals surface area contributed by atoms with Crippen molar-refractivity contribution >= 4 is 11.6 Å². The molecule has 3 aromatic rings. The quantitative estimate of drug-likeness (QED) is 0.774. The maximum Gasteiger partial charge on any atom is 0.228 e. The Kier molecular flexibility index (Phi) is 4.06. The standard InChI is InChI=1S/C22H20N2O/c1-15-3-2-4-16(9-15)5-6-17-10-20(14-23-13-17)18-7-8-19-12-22(25)24-21(19)11-18/h2-4,7-11,13-14H,5-6,12H2,1H3,(H,24,25). The highest BCUT2D eigenvalue weighted by Gasteiger charge is 2.17. The van der Waals surface area contributed by atoms with E-state index in [0.29, 0.717) is 6.42 Å². The van der Waals surface area contributed by atoms with Gasteiger partial charge < -0.3 is 5.32 Å². The minimum Gasteiger partial charge on any atom is -0.326 e. The number of pyridine rings is 1. The van der Waals surface area contributed by atoms with Crippen molar-refractivity contribution in [3.05, 3.63) is 83.2 Å². The van der Waals surface area contributed by atoms with Gasteiger partial charge in [0, 0.05) is 23.6 Å². The topological polar surface area (TPSA) is 42.0 Å². The Morgan fingerprint density at radius 3 is 2.72 bits per heavy atom. The van der Waals surface area contributed by atoms with Crippen molar-refractivity contribution in [2.24, 2.45) is 0 Å². The highest BCUT2D eigenvalue weighted by Crippen LogP contribution is 2.29. The highest BCUT2D eigenvalue weighted by molar-refractivity contribution is 5.99. The normalized spacial score (nSPS) is 12.8. The molecule has 0 spiro atoms. The predicted octanol–water partition coefficient (Wildman–Crippen LogP) is 4.34. The van der Waals surface area contributed by atoms with Crippen molar-refractivity contribution in [3.63, 3.8) is 0 Å². The zero-order valence-electron chi connectivity index (χ0n) is 14.3. The van der Waals surface area contributed by atoms with E-state index in [0.717, 1.165) is 35.2 Å². The minimum absolute atomic E-state index is 0.0668. The van der Waals surface area contributed by atoms with Gasteiger partial charge in [0.05, 0.1) is 6.42 Å². The molecule has 1 N–H and O–H groups in total. The first-order valence-electron chi connectivity index (χ1n) is 8.60. The summed E-state index contributed by atoms with van der Waals surface area (Å²) in [5.74, 6) is 0.0668. The number of fused-ring (bicyclic) bond motifs is 1. The van der Waals surface area contributed by atoms with Gasteiger partial charge in [0.15, 0.2) is 0 Å². The number of benzene rings is 2. The fourth-order valence-corrected chi connectivity index (χ4v) is 3.33. The second kappa shape index (κ2) is 6.52.